The maximum absolute atomic E-state index is 4.82. The van der Waals surface area contributed by atoms with Crippen LogP contribution in [0.1, 0.15) is 48.9 Å². The first-order chi connectivity index (χ1) is 10.2. The van der Waals surface area contributed by atoms with Crippen LogP contribution in [0, 0.1) is 13.8 Å². The number of hydrogen-bond donors (Lipinski definition) is 1. The fourth-order valence-electron chi connectivity index (χ4n) is 2.51. The number of aryl methyl sites for hydroxylation is 1. The van der Waals surface area contributed by atoms with Crippen molar-refractivity contribution in [2.45, 2.75) is 46.0 Å². The molecule has 110 valence electrons. The summed E-state index contributed by atoms with van der Waals surface area (Å²) in [4.78, 5) is 9.56. The molecule has 0 bridgehead atoms. The number of nitrogens with one attached hydrogen (secondary N) is 1. The SMILES string of the molecule is CCCNc1cc(C2CC2)nc(-c2cccc(C)c2C)n1. The van der Waals surface area contributed by atoms with Gasteiger partial charge in [0, 0.05) is 29.8 Å². The van der Waals surface area contributed by atoms with Crippen molar-refractivity contribution < 1.29 is 0 Å². The lowest BCUT2D eigenvalue weighted by Crippen LogP contribution is -2.06. The molecule has 21 heavy (non-hydrogen) atoms. The van der Waals surface area contributed by atoms with Crippen LogP contribution in [0.2, 0.25) is 0 Å². The molecule has 3 heteroatoms. The maximum atomic E-state index is 4.82. The first kappa shape index (κ1) is 14.1. The average molecular weight is 281 g/mol. The monoisotopic (exact) mass is 281 g/mol. The third-order valence-electron chi connectivity index (χ3n) is 4.14. The van der Waals surface area contributed by atoms with Crippen LogP contribution in [0.5, 0.6) is 0 Å². The molecule has 3 nitrogen and oxygen atoms in total. The summed E-state index contributed by atoms with van der Waals surface area (Å²) in [5.74, 6) is 2.46. The van der Waals surface area contributed by atoms with Gasteiger partial charge in [-0.3, -0.25) is 0 Å². The molecule has 1 saturated carbocycles. The lowest BCUT2D eigenvalue weighted by atomic mass is 10.0. The van der Waals surface area contributed by atoms with Gasteiger partial charge < -0.3 is 5.32 Å². The molecule has 3 rings (SSSR count). The molecule has 0 radical (unpaired) electrons. The number of anilines is 1. The van der Waals surface area contributed by atoms with Gasteiger partial charge in [-0.1, -0.05) is 25.1 Å². The predicted octanol–water partition coefficient (Wildman–Crippen LogP) is 4.46. The van der Waals surface area contributed by atoms with Crippen LogP contribution in [-0.4, -0.2) is 16.5 Å². The van der Waals surface area contributed by atoms with Gasteiger partial charge in [-0.2, -0.15) is 0 Å². The van der Waals surface area contributed by atoms with E-state index < -0.39 is 0 Å². The zero-order valence-corrected chi connectivity index (χ0v) is 13.1. The molecule has 0 saturated heterocycles. The van der Waals surface area contributed by atoms with E-state index in [0.29, 0.717) is 5.92 Å². The fraction of sp³-hybridized carbons (Fsp3) is 0.444. The van der Waals surface area contributed by atoms with E-state index in [1.807, 2.05) is 0 Å². The lowest BCUT2D eigenvalue weighted by Gasteiger charge is -2.12. The number of aromatic nitrogens is 2. The number of hydrogen-bond acceptors (Lipinski definition) is 3. The quantitative estimate of drug-likeness (QED) is 0.879. The first-order valence-electron chi connectivity index (χ1n) is 7.88. The van der Waals surface area contributed by atoms with E-state index in [1.54, 1.807) is 0 Å². The van der Waals surface area contributed by atoms with Crippen molar-refractivity contribution in [3.8, 4) is 11.4 Å². The van der Waals surface area contributed by atoms with Crippen molar-refractivity contribution in [1.29, 1.82) is 0 Å². The number of rotatable bonds is 5. The summed E-state index contributed by atoms with van der Waals surface area (Å²) < 4.78 is 0. The van der Waals surface area contributed by atoms with Gasteiger partial charge in [0.05, 0.1) is 0 Å². The minimum atomic E-state index is 0.638. The largest absolute Gasteiger partial charge is 0.370 e. The van der Waals surface area contributed by atoms with Crippen molar-refractivity contribution in [2.75, 3.05) is 11.9 Å². The maximum Gasteiger partial charge on any atom is 0.162 e. The van der Waals surface area contributed by atoms with Gasteiger partial charge in [-0.05, 0) is 44.2 Å². The van der Waals surface area contributed by atoms with Crippen molar-refractivity contribution in [1.82, 2.24) is 9.97 Å². The smallest absolute Gasteiger partial charge is 0.162 e. The van der Waals surface area contributed by atoms with Crippen LogP contribution in [0.25, 0.3) is 11.4 Å². The van der Waals surface area contributed by atoms with Crippen LogP contribution >= 0.6 is 0 Å². The molecule has 1 aliphatic carbocycles. The van der Waals surface area contributed by atoms with Gasteiger partial charge in [0.1, 0.15) is 5.82 Å². The molecular formula is C18H23N3. The molecule has 2 aromatic rings. The summed E-state index contributed by atoms with van der Waals surface area (Å²) in [6, 6.07) is 8.48. The minimum Gasteiger partial charge on any atom is -0.370 e. The number of benzene rings is 1. The molecule has 1 aromatic carbocycles. The van der Waals surface area contributed by atoms with Crippen LogP contribution in [-0.2, 0) is 0 Å². The standard InChI is InChI=1S/C18H23N3/c1-4-10-19-17-11-16(14-8-9-14)20-18(21-17)15-7-5-6-12(2)13(15)3/h5-7,11,14H,4,8-10H2,1-3H3,(H,19,20,21). The predicted molar refractivity (Wildman–Crippen MR) is 87.7 cm³/mol. The van der Waals surface area contributed by atoms with Crippen molar-refractivity contribution in [3.05, 3.63) is 41.1 Å². The molecular weight excluding hydrogens is 258 g/mol. The summed E-state index contributed by atoms with van der Waals surface area (Å²) in [5.41, 5.74) is 4.90. The third kappa shape index (κ3) is 3.07. The van der Waals surface area contributed by atoms with Crippen molar-refractivity contribution in [3.63, 3.8) is 0 Å². The Hall–Kier alpha value is -1.90. The molecule has 0 aliphatic heterocycles. The molecule has 1 fully saturated rings. The van der Waals surface area contributed by atoms with E-state index in [2.05, 4.69) is 50.4 Å². The Bertz CT molecular complexity index is 645. The topological polar surface area (TPSA) is 37.8 Å². The third-order valence-corrected chi connectivity index (χ3v) is 4.14. The van der Waals surface area contributed by atoms with Crippen molar-refractivity contribution in [2.24, 2.45) is 0 Å². The second-order valence-electron chi connectivity index (χ2n) is 5.95. The molecule has 1 aromatic heterocycles. The van der Waals surface area contributed by atoms with Gasteiger partial charge in [0.15, 0.2) is 5.82 Å². The van der Waals surface area contributed by atoms with Gasteiger partial charge in [-0.15, -0.1) is 0 Å². The summed E-state index contributed by atoms with van der Waals surface area (Å²) in [6.07, 6.45) is 3.62. The summed E-state index contributed by atoms with van der Waals surface area (Å²) in [6.45, 7) is 7.41. The Morgan fingerprint density at radius 3 is 2.71 bits per heavy atom. The lowest BCUT2D eigenvalue weighted by molar-refractivity contribution is 0.947. The van der Waals surface area contributed by atoms with Gasteiger partial charge >= 0.3 is 0 Å². The summed E-state index contributed by atoms with van der Waals surface area (Å²) in [7, 11) is 0. The Morgan fingerprint density at radius 2 is 2.00 bits per heavy atom. The molecule has 0 atom stereocenters. The zero-order valence-electron chi connectivity index (χ0n) is 13.1. The Morgan fingerprint density at radius 1 is 1.19 bits per heavy atom. The van der Waals surface area contributed by atoms with Gasteiger partial charge in [-0.25, -0.2) is 9.97 Å². The highest BCUT2D eigenvalue weighted by atomic mass is 15.0. The van der Waals surface area contributed by atoms with Crippen molar-refractivity contribution >= 4 is 5.82 Å². The van der Waals surface area contributed by atoms with E-state index in [9.17, 15) is 0 Å². The Kier molecular flexibility index (Phi) is 3.91. The van der Waals surface area contributed by atoms with E-state index in [0.717, 1.165) is 30.2 Å². The second kappa shape index (κ2) is 5.84. The van der Waals surface area contributed by atoms with Gasteiger partial charge in [0.25, 0.3) is 0 Å². The first-order valence-corrected chi connectivity index (χ1v) is 7.88. The normalized spacial score (nSPS) is 14.2. The molecule has 0 spiro atoms. The van der Waals surface area contributed by atoms with Crippen LogP contribution < -0.4 is 5.32 Å². The highest BCUT2D eigenvalue weighted by Gasteiger charge is 2.26. The van der Waals surface area contributed by atoms with E-state index in [4.69, 9.17) is 9.97 Å². The molecule has 1 N–H and O–H groups in total. The van der Waals surface area contributed by atoms with Crippen LogP contribution in [0.15, 0.2) is 24.3 Å². The zero-order chi connectivity index (χ0) is 14.8. The van der Waals surface area contributed by atoms with E-state index in [-0.39, 0.29) is 0 Å². The van der Waals surface area contributed by atoms with E-state index in [1.165, 1.54) is 29.7 Å². The minimum absolute atomic E-state index is 0.638. The Labute approximate surface area is 126 Å². The summed E-state index contributed by atoms with van der Waals surface area (Å²) in [5, 5.41) is 3.41. The van der Waals surface area contributed by atoms with E-state index >= 15 is 0 Å². The highest BCUT2D eigenvalue weighted by molar-refractivity contribution is 5.63. The molecule has 0 amide bonds. The number of nitrogens with zero attached hydrogens (tertiary/aromatic N) is 2. The highest BCUT2D eigenvalue weighted by Crippen LogP contribution is 2.40. The fourth-order valence-corrected chi connectivity index (χ4v) is 2.51. The summed E-state index contributed by atoms with van der Waals surface area (Å²) >= 11 is 0. The second-order valence-corrected chi connectivity index (χ2v) is 5.95. The molecule has 1 heterocycles. The molecule has 1 aliphatic rings. The molecule has 0 unspecified atom stereocenters. The average Bonchev–Trinajstić information content (AvgIpc) is 3.32. The Balaban J connectivity index is 2.03. The van der Waals surface area contributed by atoms with Gasteiger partial charge in [0.2, 0.25) is 0 Å². The van der Waals surface area contributed by atoms with Crippen LogP contribution in [0.3, 0.4) is 0 Å². The van der Waals surface area contributed by atoms with Crippen LogP contribution in [0.4, 0.5) is 5.82 Å².